The van der Waals surface area contributed by atoms with Crippen molar-refractivity contribution in [2.45, 2.75) is 32.3 Å². The molecule has 0 fully saturated rings. The molecule has 0 aliphatic rings. The first-order valence-electron chi connectivity index (χ1n) is 5.51. The standard InChI is InChI=1S/C11H15NO6/c1-2-6(3-8(10(14)15)11(16)17)9-4-7(5-13)18-12-9/h4,6,8,13H,2-3,5H2,1H3,(H,14,15)(H,16,17)/t6-/m1/s1. The van der Waals surface area contributed by atoms with Gasteiger partial charge in [-0.15, -0.1) is 0 Å². The second-order valence-electron chi connectivity index (χ2n) is 3.95. The third kappa shape index (κ3) is 3.30. The predicted octanol–water partition coefficient (Wildman–Crippen LogP) is 0.836. The number of hydrogen-bond donors (Lipinski definition) is 3. The molecule has 0 aromatic carbocycles. The highest BCUT2D eigenvalue weighted by Crippen LogP contribution is 2.27. The van der Waals surface area contributed by atoms with Gasteiger partial charge in [-0.25, -0.2) is 0 Å². The third-order valence-corrected chi connectivity index (χ3v) is 2.76. The number of hydrogen-bond acceptors (Lipinski definition) is 5. The van der Waals surface area contributed by atoms with Crippen LogP contribution >= 0.6 is 0 Å². The average molecular weight is 257 g/mol. The van der Waals surface area contributed by atoms with Gasteiger partial charge in [0.05, 0.1) is 5.69 Å². The molecule has 0 unspecified atom stereocenters. The van der Waals surface area contributed by atoms with Crippen molar-refractivity contribution in [2.24, 2.45) is 5.92 Å². The lowest BCUT2D eigenvalue weighted by atomic mass is 9.90. The Labute approximate surface area is 103 Å². The molecule has 0 bridgehead atoms. The number of carbonyl (C=O) groups is 2. The summed E-state index contributed by atoms with van der Waals surface area (Å²) in [4.78, 5) is 21.6. The minimum absolute atomic E-state index is 0.0570. The van der Waals surface area contributed by atoms with Crippen LogP contribution in [0.2, 0.25) is 0 Å². The van der Waals surface area contributed by atoms with Crippen molar-refractivity contribution in [1.82, 2.24) is 5.16 Å². The Balaban J connectivity index is 2.83. The molecule has 1 aromatic heterocycles. The fourth-order valence-electron chi connectivity index (χ4n) is 1.68. The van der Waals surface area contributed by atoms with Crippen molar-refractivity contribution < 1.29 is 29.4 Å². The zero-order chi connectivity index (χ0) is 13.7. The lowest BCUT2D eigenvalue weighted by Gasteiger charge is -2.14. The second kappa shape index (κ2) is 6.15. The molecular weight excluding hydrogens is 242 g/mol. The highest BCUT2D eigenvalue weighted by Gasteiger charge is 2.30. The number of aliphatic hydroxyl groups is 1. The Morgan fingerprint density at radius 3 is 2.39 bits per heavy atom. The van der Waals surface area contributed by atoms with E-state index in [-0.39, 0.29) is 24.7 Å². The molecule has 1 aromatic rings. The van der Waals surface area contributed by atoms with Crippen LogP contribution in [0.3, 0.4) is 0 Å². The first-order valence-corrected chi connectivity index (χ1v) is 5.51. The summed E-state index contributed by atoms with van der Waals surface area (Å²) in [6.07, 6.45) is 0.479. The molecule has 0 radical (unpaired) electrons. The van der Waals surface area contributed by atoms with Crippen LogP contribution in [0.25, 0.3) is 0 Å². The van der Waals surface area contributed by atoms with E-state index in [1.165, 1.54) is 6.07 Å². The van der Waals surface area contributed by atoms with E-state index < -0.39 is 17.9 Å². The van der Waals surface area contributed by atoms with Crippen molar-refractivity contribution in [3.63, 3.8) is 0 Å². The Morgan fingerprint density at radius 1 is 1.39 bits per heavy atom. The van der Waals surface area contributed by atoms with E-state index in [4.69, 9.17) is 19.8 Å². The largest absolute Gasteiger partial charge is 0.481 e. The number of carboxylic acid groups (broad SMARTS) is 2. The zero-order valence-electron chi connectivity index (χ0n) is 9.87. The first-order chi connectivity index (χ1) is 8.49. The number of aliphatic carboxylic acids is 2. The summed E-state index contributed by atoms with van der Waals surface area (Å²) < 4.78 is 4.80. The molecular formula is C11H15NO6. The third-order valence-electron chi connectivity index (χ3n) is 2.76. The van der Waals surface area contributed by atoms with Crippen LogP contribution in [0.1, 0.15) is 37.1 Å². The molecule has 18 heavy (non-hydrogen) atoms. The highest BCUT2D eigenvalue weighted by atomic mass is 16.5. The average Bonchev–Trinajstić information content (AvgIpc) is 2.77. The number of nitrogens with zero attached hydrogens (tertiary/aromatic N) is 1. The normalized spacial score (nSPS) is 12.6. The van der Waals surface area contributed by atoms with Crippen LogP contribution < -0.4 is 0 Å². The predicted molar refractivity (Wildman–Crippen MR) is 58.8 cm³/mol. The van der Waals surface area contributed by atoms with Gasteiger partial charge in [-0.2, -0.15) is 0 Å². The Kier molecular flexibility index (Phi) is 4.85. The van der Waals surface area contributed by atoms with E-state index in [1.54, 1.807) is 6.92 Å². The second-order valence-corrected chi connectivity index (χ2v) is 3.95. The Bertz CT molecular complexity index is 413. The number of carboxylic acids is 2. The van der Waals surface area contributed by atoms with Gasteiger partial charge in [0.15, 0.2) is 11.7 Å². The zero-order valence-corrected chi connectivity index (χ0v) is 9.87. The Morgan fingerprint density at radius 2 is 2.00 bits per heavy atom. The quantitative estimate of drug-likeness (QED) is 0.618. The van der Waals surface area contributed by atoms with E-state index in [0.717, 1.165) is 0 Å². The topological polar surface area (TPSA) is 121 Å². The molecule has 3 N–H and O–H groups in total. The fraction of sp³-hybridized carbons (Fsp3) is 0.545. The summed E-state index contributed by atoms with van der Waals surface area (Å²) >= 11 is 0. The summed E-state index contributed by atoms with van der Waals surface area (Å²) in [6.45, 7) is 1.50. The van der Waals surface area contributed by atoms with Crippen molar-refractivity contribution in [2.75, 3.05) is 0 Å². The van der Waals surface area contributed by atoms with Crippen LogP contribution in [0.15, 0.2) is 10.6 Å². The maximum absolute atomic E-state index is 10.8. The molecule has 1 rings (SSSR count). The van der Waals surface area contributed by atoms with Gasteiger partial charge in [-0.3, -0.25) is 9.59 Å². The molecule has 0 spiro atoms. The van der Waals surface area contributed by atoms with E-state index in [0.29, 0.717) is 12.1 Å². The van der Waals surface area contributed by atoms with Crippen molar-refractivity contribution in [3.05, 3.63) is 17.5 Å². The summed E-state index contributed by atoms with van der Waals surface area (Å²) in [5, 5.41) is 30.2. The summed E-state index contributed by atoms with van der Waals surface area (Å²) in [6, 6.07) is 1.51. The van der Waals surface area contributed by atoms with Crippen LogP contribution in [0.4, 0.5) is 0 Å². The van der Waals surface area contributed by atoms with E-state index >= 15 is 0 Å². The molecule has 1 heterocycles. The van der Waals surface area contributed by atoms with Crippen LogP contribution in [0.5, 0.6) is 0 Å². The first kappa shape index (κ1) is 14.2. The number of aromatic nitrogens is 1. The summed E-state index contributed by atoms with van der Waals surface area (Å²) in [5.74, 6) is -4.26. The minimum atomic E-state index is -1.47. The SMILES string of the molecule is CC[C@H](CC(C(=O)O)C(=O)O)c1cc(CO)on1. The molecule has 100 valence electrons. The molecule has 7 nitrogen and oxygen atoms in total. The molecule has 0 saturated heterocycles. The molecule has 0 amide bonds. The summed E-state index contributed by atoms with van der Waals surface area (Å²) in [5.41, 5.74) is 0.467. The van der Waals surface area contributed by atoms with Crippen molar-refractivity contribution >= 4 is 11.9 Å². The minimum Gasteiger partial charge on any atom is -0.481 e. The van der Waals surface area contributed by atoms with Crippen molar-refractivity contribution in [1.29, 1.82) is 0 Å². The van der Waals surface area contributed by atoms with Crippen LogP contribution in [-0.2, 0) is 16.2 Å². The smallest absolute Gasteiger partial charge is 0.317 e. The monoisotopic (exact) mass is 257 g/mol. The maximum Gasteiger partial charge on any atom is 0.317 e. The molecule has 0 saturated carbocycles. The Hall–Kier alpha value is -1.89. The van der Waals surface area contributed by atoms with Crippen molar-refractivity contribution in [3.8, 4) is 0 Å². The van der Waals surface area contributed by atoms with Gasteiger partial charge in [0.2, 0.25) is 0 Å². The van der Waals surface area contributed by atoms with Gasteiger partial charge >= 0.3 is 11.9 Å². The van der Waals surface area contributed by atoms with Gasteiger partial charge in [-0.05, 0) is 12.8 Å². The van der Waals surface area contributed by atoms with Gasteiger partial charge < -0.3 is 19.8 Å². The van der Waals surface area contributed by atoms with Crippen LogP contribution in [0, 0.1) is 5.92 Å². The molecule has 0 aliphatic carbocycles. The van der Waals surface area contributed by atoms with Gasteiger partial charge in [0.1, 0.15) is 6.61 Å². The molecule has 7 heteroatoms. The maximum atomic E-state index is 10.8. The van der Waals surface area contributed by atoms with E-state index in [1.807, 2.05) is 0 Å². The van der Waals surface area contributed by atoms with Gasteiger partial charge in [0, 0.05) is 12.0 Å². The van der Waals surface area contributed by atoms with Gasteiger partial charge in [0.25, 0.3) is 0 Å². The van der Waals surface area contributed by atoms with Gasteiger partial charge in [-0.1, -0.05) is 12.1 Å². The summed E-state index contributed by atoms with van der Waals surface area (Å²) in [7, 11) is 0. The van der Waals surface area contributed by atoms with E-state index in [2.05, 4.69) is 5.16 Å². The fourth-order valence-corrected chi connectivity index (χ4v) is 1.68. The molecule has 0 aliphatic heterocycles. The molecule has 1 atom stereocenters. The van der Waals surface area contributed by atoms with E-state index in [9.17, 15) is 9.59 Å². The van der Waals surface area contributed by atoms with Crippen LogP contribution in [-0.4, -0.2) is 32.4 Å². The lowest BCUT2D eigenvalue weighted by molar-refractivity contribution is -0.155. The number of rotatable bonds is 7. The highest BCUT2D eigenvalue weighted by molar-refractivity contribution is 5.92. The lowest BCUT2D eigenvalue weighted by Crippen LogP contribution is -2.25. The number of aliphatic hydroxyl groups excluding tert-OH is 1.